The van der Waals surface area contributed by atoms with Gasteiger partial charge in [0.1, 0.15) is 0 Å². The van der Waals surface area contributed by atoms with Gasteiger partial charge in [0.05, 0.1) is 11.1 Å². The molecule has 0 bridgehead atoms. The Hall–Kier alpha value is -1.65. The standard InChI is InChI=1S/C13H12ClFN2O/c14-10-6-11(15)13(16-7-10)17-8-12(18)9-4-2-1-3-5-9/h1-7,12,18H,8H2,(H,16,17). The summed E-state index contributed by atoms with van der Waals surface area (Å²) in [5, 5.41) is 12.9. The molecular weight excluding hydrogens is 255 g/mol. The zero-order valence-corrected chi connectivity index (χ0v) is 10.2. The average molecular weight is 267 g/mol. The average Bonchev–Trinajstić information content (AvgIpc) is 2.38. The van der Waals surface area contributed by atoms with E-state index in [1.807, 2.05) is 18.2 Å². The van der Waals surface area contributed by atoms with Crippen LogP contribution in [0, 0.1) is 5.82 Å². The highest BCUT2D eigenvalue weighted by molar-refractivity contribution is 6.30. The molecule has 2 rings (SSSR count). The summed E-state index contributed by atoms with van der Waals surface area (Å²) in [5.41, 5.74) is 0.763. The third-order valence-electron chi connectivity index (χ3n) is 2.46. The fraction of sp³-hybridized carbons (Fsp3) is 0.154. The minimum atomic E-state index is -0.719. The van der Waals surface area contributed by atoms with E-state index in [2.05, 4.69) is 10.3 Å². The van der Waals surface area contributed by atoms with Crippen molar-refractivity contribution in [3.63, 3.8) is 0 Å². The first kappa shape index (κ1) is 12.8. The molecule has 1 aromatic carbocycles. The number of hydrogen-bond donors (Lipinski definition) is 2. The fourth-order valence-electron chi connectivity index (χ4n) is 1.53. The number of aliphatic hydroxyl groups is 1. The van der Waals surface area contributed by atoms with Crippen molar-refractivity contribution in [2.45, 2.75) is 6.10 Å². The molecule has 0 spiro atoms. The largest absolute Gasteiger partial charge is 0.387 e. The molecule has 1 aromatic heterocycles. The van der Waals surface area contributed by atoms with Gasteiger partial charge < -0.3 is 10.4 Å². The van der Waals surface area contributed by atoms with Crippen LogP contribution < -0.4 is 5.32 Å². The van der Waals surface area contributed by atoms with Crippen LogP contribution in [0.1, 0.15) is 11.7 Å². The first-order chi connectivity index (χ1) is 8.66. The first-order valence-electron chi connectivity index (χ1n) is 5.45. The second-order valence-electron chi connectivity index (χ2n) is 3.79. The van der Waals surface area contributed by atoms with E-state index in [0.717, 1.165) is 5.56 Å². The van der Waals surface area contributed by atoms with Gasteiger partial charge in [0.2, 0.25) is 0 Å². The summed E-state index contributed by atoms with van der Waals surface area (Å²) in [5.74, 6) is -0.461. The highest BCUT2D eigenvalue weighted by atomic mass is 35.5. The van der Waals surface area contributed by atoms with Crippen LogP contribution in [0.3, 0.4) is 0 Å². The summed E-state index contributed by atoms with van der Waals surface area (Å²) in [6.07, 6.45) is 0.630. The van der Waals surface area contributed by atoms with Crippen molar-refractivity contribution in [2.24, 2.45) is 0 Å². The number of hydrogen-bond acceptors (Lipinski definition) is 3. The van der Waals surface area contributed by atoms with Gasteiger partial charge in [-0.15, -0.1) is 0 Å². The van der Waals surface area contributed by atoms with Crippen LogP contribution in [0.25, 0.3) is 0 Å². The quantitative estimate of drug-likeness (QED) is 0.894. The first-order valence-corrected chi connectivity index (χ1v) is 5.82. The molecule has 5 heteroatoms. The number of aliphatic hydroxyl groups excluding tert-OH is 1. The van der Waals surface area contributed by atoms with Crippen LogP contribution >= 0.6 is 11.6 Å². The van der Waals surface area contributed by atoms with Crippen LogP contribution in [0.5, 0.6) is 0 Å². The van der Waals surface area contributed by atoms with E-state index in [9.17, 15) is 9.50 Å². The summed E-state index contributed by atoms with van der Waals surface area (Å²) in [4.78, 5) is 3.81. The second kappa shape index (κ2) is 5.80. The van der Waals surface area contributed by atoms with E-state index in [-0.39, 0.29) is 17.4 Å². The number of halogens is 2. The number of benzene rings is 1. The lowest BCUT2D eigenvalue weighted by molar-refractivity contribution is 0.191. The van der Waals surface area contributed by atoms with Gasteiger partial charge >= 0.3 is 0 Å². The number of nitrogens with zero attached hydrogens (tertiary/aromatic N) is 1. The number of nitrogens with one attached hydrogen (secondary N) is 1. The third kappa shape index (κ3) is 3.18. The molecule has 1 atom stereocenters. The van der Waals surface area contributed by atoms with E-state index in [4.69, 9.17) is 11.6 Å². The topological polar surface area (TPSA) is 45.1 Å². The van der Waals surface area contributed by atoms with Gasteiger partial charge in [-0.05, 0) is 11.6 Å². The molecule has 0 aliphatic heterocycles. The van der Waals surface area contributed by atoms with E-state index in [0.29, 0.717) is 0 Å². The van der Waals surface area contributed by atoms with Crippen molar-refractivity contribution >= 4 is 17.4 Å². The Morgan fingerprint density at radius 2 is 2.06 bits per heavy atom. The molecule has 3 nitrogen and oxygen atoms in total. The smallest absolute Gasteiger partial charge is 0.166 e. The van der Waals surface area contributed by atoms with E-state index >= 15 is 0 Å². The molecule has 2 aromatic rings. The Labute approximate surface area is 109 Å². The lowest BCUT2D eigenvalue weighted by Gasteiger charge is -2.12. The molecule has 1 unspecified atom stereocenters. The molecule has 0 saturated carbocycles. The molecule has 0 aliphatic carbocycles. The third-order valence-corrected chi connectivity index (χ3v) is 2.66. The Kier molecular flexibility index (Phi) is 4.12. The SMILES string of the molecule is OC(CNc1ncc(Cl)cc1F)c1ccccc1. The van der Waals surface area contributed by atoms with Gasteiger partial charge in [-0.25, -0.2) is 9.37 Å². The van der Waals surface area contributed by atoms with Gasteiger partial charge in [-0.3, -0.25) is 0 Å². The Morgan fingerprint density at radius 3 is 2.72 bits per heavy atom. The summed E-state index contributed by atoms with van der Waals surface area (Å²) in [6.45, 7) is 0.176. The van der Waals surface area contributed by atoms with Gasteiger partial charge in [0, 0.05) is 12.7 Å². The Morgan fingerprint density at radius 1 is 1.33 bits per heavy atom. The highest BCUT2D eigenvalue weighted by Crippen LogP contribution is 2.17. The summed E-state index contributed by atoms with van der Waals surface area (Å²) >= 11 is 5.60. The molecule has 2 N–H and O–H groups in total. The molecule has 1 heterocycles. The van der Waals surface area contributed by atoms with Crippen molar-refractivity contribution in [2.75, 3.05) is 11.9 Å². The Balaban J connectivity index is 1.99. The second-order valence-corrected chi connectivity index (χ2v) is 4.23. The van der Waals surface area contributed by atoms with Crippen molar-refractivity contribution < 1.29 is 9.50 Å². The minimum absolute atomic E-state index is 0.0781. The predicted octanol–water partition coefficient (Wildman–Crippen LogP) is 3.02. The lowest BCUT2D eigenvalue weighted by Crippen LogP contribution is -2.13. The molecule has 0 fully saturated rings. The maximum Gasteiger partial charge on any atom is 0.166 e. The van der Waals surface area contributed by atoms with Crippen molar-refractivity contribution in [3.05, 3.63) is 59.0 Å². The summed E-state index contributed by atoms with van der Waals surface area (Å²) in [7, 11) is 0. The van der Waals surface area contributed by atoms with E-state index in [1.165, 1.54) is 12.3 Å². The number of pyridine rings is 1. The lowest BCUT2D eigenvalue weighted by atomic mass is 10.1. The molecule has 0 aliphatic rings. The summed E-state index contributed by atoms with van der Waals surface area (Å²) < 4.78 is 13.4. The number of rotatable bonds is 4. The maximum atomic E-state index is 13.4. The zero-order chi connectivity index (χ0) is 13.0. The maximum absolute atomic E-state index is 13.4. The normalized spacial score (nSPS) is 12.2. The molecule has 0 amide bonds. The van der Waals surface area contributed by atoms with Gasteiger partial charge in [-0.1, -0.05) is 41.9 Å². The van der Waals surface area contributed by atoms with Crippen LogP contribution in [-0.4, -0.2) is 16.6 Å². The Bertz CT molecular complexity index is 522. The van der Waals surface area contributed by atoms with Crippen LogP contribution in [0.15, 0.2) is 42.6 Å². The van der Waals surface area contributed by atoms with Crippen molar-refractivity contribution in [1.82, 2.24) is 4.98 Å². The minimum Gasteiger partial charge on any atom is -0.387 e. The monoisotopic (exact) mass is 266 g/mol. The number of aromatic nitrogens is 1. The van der Waals surface area contributed by atoms with Crippen molar-refractivity contribution in [1.29, 1.82) is 0 Å². The highest BCUT2D eigenvalue weighted by Gasteiger charge is 2.09. The van der Waals surface area contributed by atoms with Crippen LogP contribution in [-0.2, 0) is 0 Å². The van der Waals surface area contributed by atoms with E-state index in [1.54, 1.807) is 12.1 Å². The zero-order valence-electron chi connectivity index (χ0n) is 9.48. The summed E-state index contributed by atoms with van der Waals surface area (Å²) in [6, 6.07) is 10.3. The van der Waals surface area contributed by atoms with Crippen LogP contribution in [0.2, 0.25) is 5.02 Å². The van der Waals surface area contributed by atoms with Gasteiger partial charge in [0.25, 0.3) is 0 Å². The number of anilines is 1. The van der Waals surface area contributed by atoms with Gasteiger partial charge in [-0.2, -0.15) is 0 Å². The molecule has 0 radical (unpaired) electrons. The van der Waals surface area contributed by atoms with Crippen LogP contribution in [0.4, 0.5) is 10.2 Å². The molecular formula is C13H12ClFN2O. The molecule has 18 heavy (non-hydrogen) atoms. The van der Waals surface area contributed by atoms with Crippen molar-refractivity contribution in [3.8, 4) is 0 Å². The van der Waals surface area contributed by atoms with E-state index < -0.39 is 11.9 Å². The molecule has 0 saturated heterocycles. The van der Waals surface area contributed by atoms with Gasteiger partial charge in [0.15, 0.2) is 11.6 Å². The predicted molar refractivity (Wildman–Crippen MR) is 69.1 cm³/mol. The fourth-order valence-corrected chi connectivity index (χ4v) is 1.68. The molecule has 94 valence electrons.